The van der Waals surface area contributed by atoms with Gasteiger partial charge in [-0.3, -0.25) is 14.7 Å². The molecule has 0 aromatic heterocycles. The van der Waals surface area contributed by atoms with Crippen molar-refractivity contribution in [1.82, 2.24) is 10.4 Å². The summed E-state index contributed by atoms with van der Waals surface area (Å²) in [7, 11) is 1.75. The SMILES string of the molecule is C=C1NC(c2ccc3c(c2)CCCC3)=NC12CCN(OCCc1c(C)cc(N(C)C(=O)OC(C)(C)C)cc1C)CC2. The van der Waals surface area contributed by atoms with Crippen LogP contribution in [0.5, 0.6) is 0 Å². The molecule has 0 bridgehead atoms. The highest BCUT2D eigenvalue weighted by Crippen LogP contribution is 2.36. The molecular weight excluding hydrogens is 512 g/mol. The Labute approximate surface area is 245 Å². The first kappa shape index (κ1) is 29.3. The van der Waals surface area contributed by atoms with Gasteiger partial charge >= 0.3 is 6.09 Å². The maximum Gasteiger partial charge on any atom is 0.414 e. The molecule has 2 heterocycles. The third kappa shape index (κ3) is 6.52. The van der Waals surface area contributed by atoms with Gasteiger partial charge in [-0.05, 0) is 126 Å². The predicted octanol–water partition coefficient (Wildman–Crippen LogP) is 6.43. The number of hydrogen-bond donors (Lipinski definition) is 1. The third-order valence-electron chi connectivity index (χ3n) is 8.69. The molecule has 1 aliphatic carbocycles. The molecular formula is C34H46N4O3. The van der Waals surface area contributed by atoms with E-state index in [9.17, 15) is 4.79 Å². The van der Waals surface area contributed by atoms with E-state index in [0.717, 1.165) is 60.7 Å². The van der Waals surface area contributed by atoms with Crippen LogP contribution in [0.4, 0.5) is 10.5 Å². The van der Waals surface area contributed by atoms with Gasteiger partial charge in [-0.2, -0.15) is 5.06 Å². The van der Waals surface area contributed by atoms with Crippen LogP contribution in [0.2, 0.25) is 0 Å². The summed E-state index contributed by atoms with van der Waals surface area (Å²) in [5.41, 5.74) is 8.75. The van der Waals surface area contributed by atoms with E-state index >= 15 is 0 Å². The zero-order valence-electron chi connectivity index (χ0n) is 25.7. The average Bonchev–Trinajstić information content (AvgIpc) is 3.24. The lowest BCUT2D eigenvalue weighted by Gasteiger charge is -2.36. The maximum absolute atomic E-state index is 12.5. The fourth-order valence-corrected chi connectivity index (χ4v) is 6.26. The van der Waals surface area contributed by atoms with Gasteiger partial charge in [0.25, 0.3) is 0 Å². The van der Waals surface area contributed by atoms with Crippen molar-refractivity contribution >= 4 is 17.6 Å². The summed E-state index contributed by atoms with van der Waals surface area (Å²) in [6, 6.07) is 10.9. The number of carbonyl (C=O) groups excluding carboxylic acids is 1. The first-order chi connectivity index (χ1) is 19.4. The van der Waals surface area contributed by atoms with Crippen LogP contribution in [0.3, 0.4) is 0 Å². The number of nitrogens with one attached hydrogen (secondary N) is 1. The number of aryl methyl sites for hydroxylation is 4. The molecule has 5 rings (SSSR count). The summed E-state index contributed by atoms with van der Waals surface area (Å²) in [6.45, 7) is 16.4. The first-order valence-electron chi connectivity index (χ1n) is 15.1. The summed E-state index contributed by atoms with van der Waals surface area (Å²) in [5.74, 6) is 0.962. The highest BCUT2D eigenvalue weighted by Gasteiger charge is 2.42. The van der Waals surface area contributed by atoms with Gasteiger partial charge < -0.3 is 10.1 Å². The van der Waals surface area contributed by atoms with Crippen molar-refractivity contribution in [2.75, 3.05) is 31.6 Å². The van der Waals surface area contributed by atoms with E-state index in [4.69, 9.17) is 14.6 Å². The Morgan fingerprint density at radius 2 is 1.73 bits per heavy atom. The molecule has 1 saturated heterocycles. The number of hydrogen-bond acceptors (Lipinski definition) is 6. The van der Waals surface area contributed by atoms with Crippen molar-refractivity contribution in [3.8, 4) is 0 Å². The topological polar surface area (TPSA) is 66.4 Å². The number of rotatable bonds is 6. The predicted molar refractivity (Wildman–Crippen MR) is 166 cm³/mol. The van der Waals surface area contributed by atoms with Crippen LogP contribution in [0.25, 0.3) is 0 Å². The molecule has 3 aliphatic rings. The van der Waals surface area contributed by atoms with E-state index in [1.54, 1.807) is 11.9 Å². The second-order valence-corrected chi connectivity index (χ2v) is 12.9. The van der Waals surface area contributed by atoms with E-state index in [2.05, 4.69) is 49.0 Å². The molecule has 2 aliphatic heterocycles. The number of amidine groups is 1. The lowest BCUT2D eigenvalue weighted by molar-refractivity contribution is -0.172. The minimum Gasteiger partial charge on any atom is -0.443 e. The highest BCUT2D eigenvalue weighted by molar-refractivity contribution is 6.02. The van der Waals surface area contributed by atoms with Crippen molar-refractivity contribution in [1.29, 1.82) is 0 Å². The molecule has 0 radical (unpaired) electrons. The number of nitrogens with zero attached hydrogens (tertiary/aromatic N) is 3. The molecule has 2 aromatic carbocycles. The van der Waals surface area contributed by atoms with Gasteiger partial charge in [0.15, 0.2) is 0 Å². The summed E-state index contributed by atoms with van der Waals surface area (Å²) >= 11 is 0. The van der Waals surface area contributed by atoms with Gasteiger partial charge in [-0.1, -0.05) is 18.7 Å². The minimum absolute atomic E-state index is 0.256. The van der Waals surface area contributed by atoms with Crippen molar-refractivity contribution < 1.29 is 14.4 Å². The van der Waals surface area contributed by atoms with Crippen LogP contribution in [-0.2, 0) is 28.8 Å². The van der Waals surface area contributed by atoms with Gasteiger partial charge in [0.05, 0.1) is 6.61 Å². The fraction of sp³-hybridized carbons (Fsp3) is 0.529. The first-order valence-corrected chi connectivity index (χ1v) is 15.1. The normalized spacial score (nSPS) is 18.6. The van der Waals surface area contributed by atoms with Crippen molar-refractivity contribution in [2.45, 2.75) is 90.7 Å². The average molecular weight is 559 g/mol. The van der Waals surface area contributed by atoms with Gasteiger partial charge in [-0.25, -0.2) is 4.79 Å². The summed E-state index contributed by atoms with van der Waals surface area (Å²) in [6.07, 6.45) is 7.16. The van der Waals surface area contributed by atoms with Crippen LogP contribution < -0.4 is 10.2 Å². The standard InChI is InChI=1S/C34H46N4O3/c1-23-20-29(37(7)32(39)41-33(4,5)6)21-24(2)30(23)14-19-40-38-17-15-34(16-18-38)25(3)35-31(36-34)28-13-12-26-10-8-9-11-27(26)22-28/h12-13,20-22H,3,8-11,14-19H2,1-2,4-7H3,(H,35,36). The van der Waals surface area contributed by atoms with E-state index in [1.165, 1.54) is 47.9 Å². The Kier molecular flexibility index (Phi) is 8.31. The summed E-state index contributed by atoms with van der Waals surface area (Å²) in [4.78, 5) is 25.5. The number of benzene rings is 2. The Balaban J connectivity index is 1.15. The van der Waals surface area contributed by atoms with E-state index in [-0.39, 0.29) is 11.6 Å². The van der Waals surface area contributed by atoms with Crippen molar-refractivity contribution in [3.63, 3.8) is 0 Å². The molecule has 7 heteroatoms. The van der Waals surface area contributed by atoms with Gasteiger partial charge in [0.2, 0.25) is 0 Å². The Morgan fingerprint density at radius 3 is 2.39 bits per heavy atom. The van der Waals surface area contributed by atoms with Gasteiger partial charge in [0.1, 0.15) is 17.0 Å². The molecule has 1 fully saturated rings. The second kappa shape index (κ2) is 11.6. The van der Waals surface area contributed by atoms with Gasteiger partial charge in [-0.15, -0.1) is 0 Å². The molecule has 1 spiro atoms. The molecule has 7 nitrogen and oxygen atoms in total. The van der Waals surface area contributed by atoms with Crippen molar-refractivity contribution in [3.05, 3.63) is 76.0 Å². The van der Waals surface area contributed by atoms with Crippen molar-refractivity contribution in [2.24, 2.45) is 4.99 Å². The zero-order chi connectivity index (χ0) is 29.4. The molecule has 0 atom stereocenters. The lowest BCUT2D eigenvalue weighted by Crippen LogP contribution is -2.44. The van der Waals surface area contributed by atoms with Crippen LogP contribution >= 0.6 is 0 Å². The maximum atomic E-state index is 12.5. The lowest BCUT2D eigenvalue weighted by atomic mass is 9.87. The Morgan fingerprint density at radius 1 is 1.07 bits per heavy atom. The number of ether oxygens (including phenoxy) is 1. The van der Waals surface area contributed by atoms with E-state index in [0.29, 0.717) is 6.61 Å². The van der Waals surface area contributed by atoms with E-state index < -0.39 is 5.60 Å². The number of hydroxylamine groups is 2. The molecule has 1 amide bonds. The van der Waals surface area contributed by atoms with Crippen LogP contribution in [-0.4, -0.2) is 54.9 Å². The smallest absolute Gasteiger partial charge is 0.414 e. The van der Waals surface area contributed by atoms with Crippen LogP contribution in [0.1, 0.15) is 79.8 Å². The number of amides is 1. The monoisotopic (exact) mass is 558 g/mol. The zero-order valence-corrected chi connectivity index (χ0v) is 25.7. The fourth-order valence-electron chi connectivity index (χ4n) is 6.26. The number of fused-ring (bicyclic) bond motifs is 1. The molecule has 220 valence electrons. The molecule has 0 saturated carbocycles. The highest BCUT2D eigenvalue weighted by atomic mass is 16.7. The summed E-state index contributed by atoms with van der Waals surface area (Å²) in [5, 5.41) is 5.61. The van der Waals surface area contributed by atoms with Crippen LogP contribution in [0.15, 0.2) is 47.6 Å². The second-order valence-electron chi connectivity index (χ2n) is 12.9. The van der Waals surface area contributed by atoms with E-state index in [1.807, 2.05) is 32.9 Å². The Hall–Kier alpha value is -3.16. The molecule has 41 heavy (non-hydrogen) atoms. The Bertz CT molecular complexity index is 1330. The summed E-state index contributed by atoms with van der Waals surface area (Å²) < 4.78 is 5.53. The molecule has 2 aromatic rings. The molecule has 0 unspecified atom stereocenters. The molecule has 1 N–H and O–H groups in total. The third-order valence-corrected chi connectivity index (χ3v) is 8.69. The number of piperidine rings is 1. The van der Waals surface area contributed by atoms with Gasteiger partial charge in [0, 0.05) is 37.1 Å². The van der Waals surface area contributed by atoms with Crippen LogP contribution in [0, 0.1) is 13.8 Å². The quantitative estimate of drug-likeness (QED) is 0.443. The largest absolute Gasteiger partial charge is 0.443 e. The number of carbonyl (C=O) groups is 1. The number of anilines is 1. The number of aliphatic imine (C=N–C) groups is 1. The minimum atomic E-state index is -0.529.